The number of rotatable bonds is 11. The van der Waals surface area contributed by atoms with E-state index in [9.17, 15) is 14.7 Å². The molecule has 0 bridgehead atoms. The van der Waals surface area contributed by atoms with Crippen molar-refractivity contribution in [3.8, 4) is 6.07 Å². The number of alkyl carbamates (subject to hydrolysis) is 1. The van der Waals surface area contributed by atoms with Gasteiger partial charge in [0.2, 0.25) is 5.91 Å². The van der Waals surface area contributed by atoms with Crippen molar-refractivity contribution in [2.75, 3.05) is 19.7 Å². The molecule has 0 saturated carbocycles. The molecule has 1 unspecified atom stereocenters. The van der Waals surface area contributed by atoms with Gasteiger partial charge in [-0.2, -0.15) is 5.26 Å². The van der Waals surface area contributed by atoms with Crippen molar-refractivity contribution in [3.63, 3.8) is 0 Å². The molecule has 2 atom stereocenters. The number of hydrogen-bond donors (Lipinski definition) is 4. The fourth-order valence-electron chi connectivity index (χ4n) is 2.05. The molecule has 0 fully saturated rings. The summed E-state index contributed by atoms with van der Waals surface area (Å²) in [6, 6.07) is 9.96. The molecular weight excluding hydrogens is 336 g/mol. The van der Waals surface area contributed by atoms with Gasteiger partial charge >= 0.3 is 6.09 Å². The topological polar surface area (TPSA) is 123 Å². The van der Waals surface area contributed by atoms with Crippen LogP contribution in [0.4, 0.5) is 4.79 Å². The van der Waals surface area contributed by atoms with Crippen molar-refractivity contribution in [3.05, 3.63) is 35.9 Å². The smallest absolute Gasteiger partial charge is 0.408 e. The van der Waals surface area contributed by atoms with Crippen LogP contribution in [0.2, 0.25) is 0 Å². The second kappa shape index (κ2) is 12.7. The van der Waals surface area contributed by atoms with Gasteiger partial charge in [-0.05, 0) is 31.9 Å². The highest BCUT2D eigenvalue weighted by molar-refractivity contribution is 5.85. The SMILES string of the molecule is CC(C#N)NCCCCNC(=O)[C@H](CO)NC(=O)OCc1ccccc1. The number of nitrogens with zero attached hydrogens (tertiary/aromatic N) is 1. The van der Waals surface area contributed by atoms with Crippen molar-refractivity contribution < 1.29 is 19.4 Å². The van der Waals surface area contributed by atoms with Crippen LogP contribution in [0.5, 0.6) is 0 Å². The van der Waals surface area contributed by atoms with E-state index in [0.717, 1.165) is 12.0 Å². The Labute approximate surface area is 153 Å². The fourth-order valence-corrected chi connectivity index (χ4v) is 2.05. The molecule has 0 spiro atoms. The van der Waals surface area contributed by atoms with E-state index in [1.165, 1.54) is 0 Å². The van der Waals surface area contributed by atoms with Gasteiger partial charge in [0.1, 0.15) is 12.6 Å². The number of aliphatic hydroxyl groups excluding tert-OH is 1. The molecule has 26 heavy (non-hydrogen) atoms. The van der Waals surface area contributed by atoms with Gasteiger partial charge in [-0.3, -0.25) is 4.79 Å². The highest BCUT2D eigenvalue weighted by Crippen LogP contribution is 2.00. The molecule has 0 saturated heterocycles. The molecule has 142 valence electrons. The largest absolute Gasteiger partial charge is 0.445 e. The number of aliphatic hydroxyl groups is 1. The number of hydrogen-bond acceptors (Lipinski definition) is 6. The first kappa shape index (κ1) is 21.4. The maximum atomic E-state index is 12.0. The van der Waals surface area contributed by atoms with E-state index in [1.807, 2.05) is 30.3 Å². The average molecular weight is 362 g/mol. The Morgan fingerprint density at radius 3 is 2.58 bits per heavy atom. The molecule has 2 amide bonds. The summed E-state index contributed by atoms with van der Waals surface area (Å²) in [5, 5.41) is 25.9. The van der Waals surface area contributed by atoms with E-state index < -0.39 is 24.6 Å². The normalized spacial score (nSPS) is 12.5. The van der Waals surface area contributed by atoms with E-state index in [-0.39, 0.29) is 12.6 Å². The minimum absolute atomic E-state index is 0.0839. The first-order valence-electron chi connectivity index (χ1n) is 8.55. The zero-order chi connectivity index (χ0) is 19.2. The highest BCUT2D eigenvalue weighted by Gasteiger charge is 2.20. The number of benzene rings is 1. The Morgan fingerprint density at radius 2 is 1.92 bits per heavy atom. The number of ether oxygens (including phenoxy) is 1. The first-order chi connectivity index (χ1) is 12.6. The maximum Gasteiger partial charge on any atom is 0.408 e. The molecule has 1 rings (SSSR count). The van der Waals surface area contributed by atoms with E-state index in [1.54, 1.807) is 6.92 Å². The Morgan fingerprint density at radius 1 is 1.23 bits per heavy atom. The quantitative estimate of drug-likeness (QED) is 0.429. The third kappa shape index (κ3) is 9.01. The summed E-state index contributed by atoms with van der Waals surface area (Å²) in [4.78, 5) is 23.7. The van der Waals surface area contributed by atoms with E-state index in [4.69, 9.17) is 10.00 Å². The van der Waals surface area contributed by atoms with Gasteiger partial charge in [0.15, 0.2) is 0 Å². The van der Waals surface area contributed by atoms with Gasteiger partial charge in [-0.15, -0.1) is 0 Å². The van der Waals surface area contributed by atoms with Gasteiger partial charge in [0, 0.05) is 6.54 Å². The summed E-state index contributed by atoms with van der Waals surface area (Å²) in [5.74, 6) is -0.470. The predicted octanol–water partition coefficient (Wildman–Crippen LogP) is 0.672. The van der Waals surface area contributed by atoms with Crippen LogP contribution in [0.3, 0.4) is 0 Å². The fraction of sp³-hybridized carbons (Fsp3) is 0.500. The molecule has 4 N–H and O–H groups in total. The molecule has 0 aliphatic carbocycles. The molecule has 8 nitrogen and oxygen atoms in total. The number of amides is 2. The second-order valence-corrected chi connectivity index (χ2v) is 5.74. The molecule has 8 heteroatoms. The van der Waals surface area contributed by atoms with Crippen LogP contribution in [-0.2, 0) is 16.1 Å². The molecule has 0 aliphatic heterocycles. The number of nitriles is 1. The molecule has 0 radical (unpaired) electrons. The molecular formula is C18H26N4O4. The van der Waals surface area contributed by atoms with Crippen LogP contribution >= 0.6 is 0 Å². The monoisotopic (exact) mass is 362 g/mol. The number of unbranched alkanes of at least 4 members (excludes halogenated alkanes) is 1. The molecule has 0 aromatic heterocycles. The lowest BCUT2D eigenvalue weighted by Crippen LogP contribution is -2.49. The van der Waals surface area contributed by atoms with Crippen LogP contribution < -0.4 is 16.0 Å². The zero-order valence-corrected chi connectivity index (χ0v) is 14.9. The van der Waals surface area contributed by atoms with Crippen LogP contribution in [0.25, 0.3) is 0 Å². The second-order valence-electron chi connectivity index (χ2n) is 5.74. The van der Waals surface area contributed by atoms with Crippen LogP contribution in [-0.4, -0.2) is 48.9 Å². The van der Waals surface area contributed by atoms with E-state index >= 15 is 0 Å². The molecule has 0 heterocycles. The predicted molar refractivity (Wildman–Crippen MR) is 96.0 cm³/mol. The van der Waals surface area contributed by atoms with Crippen molar-refractivity contribution >= 4 is 12.0 Å². The maximum absolute atomic E-state index is 12.0. The summed E-state index contributed by atoms with van der Waals surface area (Å²) in [5.41, 5.74) is 0.826. The molecule has 0 aliphatic rings. The average Bonchev–Trinajstić information content (AvgIpc) is 2.67. The zero-order valence-electron chi connectivity index (χ0n) is 14.9. The van der Waals surface area contributed by atoms with Gasteiger partial charge < -0.3 is 25.8 Å². The standard InChI is InChI=1S/C18H26N4O4/c1-14(11-19)20-9-5-6-10-21-17(24)16(12-23)22-18(25)26-13-15-7-3-2-4-8-15/h2-4,7-8,14,16,20,23H,5-6,9-10,12-13H2,1H3,(H,21,24)(H,22,25)/t14?,16-/m0/s1. The highest BCUT2D eigenvalue weighted by atomic mass is 16.5. The van der Waals surface area contributed by atoms with Crippen molar-refractivity contribution in [1.82, 2.24) is 16.0 Å². The lowest BCUT2D eigenvalue weighted by Gasteiger charge is -2.16. The summed E-state index contributed by atoms with van der Waals surface area (Å²) in [6.07, 6.45) is 0.744. The van der Waals surface area contributed by atoms with E-state index in [0.29, 0.717) is 19.5 Å². The van der Waals surface area contributed by atoms with Gasteiger partial charge in [-0.25, -0.2) is 4.79 Å². The Kier molecular flexibility index (Phi) is 10.5. The van der Waals surface area contributed by atoms with Gasteiger partial charge in [0.05, 0.1) is 18.7 Å². The lowest BCUT2D eigenvalue weighted by atomic mass is 10.2. The van der Waals surface area contributed by atoms with Crippen molar-refractivity contribution in [2.45, 2.75) is 38.5 Å². The van der Waals surface area contributed by atoms with Crippen molar-refractivity contribution in [2.24, 2.45) is 0 Å². The van der Waals surface area contributed by atoms with Gasteiger partial charge in [0.25, 0.3) is 0 Å². The van der Waals surface area contributed by atoms with Crippen LogP contribution in [0.15, 0.2) is 30.3 Å². The lowest BCUT2D eigenvalue weighted by molar-refractivity contribution is -0.123. The van der Waals surface area contributed by atoms with Crippen LogP contribution in [0.1, 0.15) is 25.3 Å². The Balaban J connectivity index is 2.21. The molecule has 1 aromatic rings. The third-order valence-electron chi connectivity index (χ3n) is 3.55. The number of carbonyl (C=O) groups is 2. The summed E-state index contributed by atoms with van der Waals surface area (Å²) < 4.78 is 5.03. The Bertz CT molecular complexity index is 589. The summed E-state index contributed by atoms with van der Waals surface area (Å²) in [7, 11) is 0. The van der Waals surface area contributed by atoms with Crippen molar-refractivity contribution in [1.29, 1.82) is 5.26 Å². The molecule has 1 aromatic carbocycles. The first-order valence-corrected chi connectivity index (χ1v) is 8.55. The minimum Gasteiger partial charge on any atom is -0.445 e. The summed E-state index contributed by atoms with van der Waals surface area (Å²) in [6.45, 7) is 2.43. The number of carbonyl (C=O) groups excluding carboxylic acids is 2. The Hall–Kier alpha value is -2.63. The van der Waals surface area contributed by atoms with Crippen LogP contribution in [0, 0.1) is 11.3 Å². The number of nitrogens with one attached hydrogen (secondary N) is 3. The van der Waals surface area contributed by atoms with Gasteiger partial charge in [-0.1, -0.05) is 30.3 Å². The minimum atomic E-state index is -1.06. The van der Waals surface area contributed by atoms with E-state index in [2.05, 4.69) is 22.0 Å². The summed E-state index contributed by atoms with van der Waals surface area (Å²) >= 11 is 0. The third-order valence-corrected chi connectivity index (χ3v) is 3.55.